The third kappa shape index (κ3) is 3.17. The zero-order valence-electron chi connectivity index (χ0n) is 9.41. The van der Waals surface area contributed by atoms with E-state index in [1.165, 1.54) is 6.08 Å². The van der Waals surface area contributed by atoms with E-state index < -0.39 is 7.60 Å². The normalized spacial score (nSPS) is 12.3. The molecule has 6 heteroatoms. The topological polar surface area (TPSA) is 90.4 Å². The van der Waals surface area contributed by atoms with Crippen LogP contribution in [0.1, 0.15) is 5.56 Å². The van der Waals surface area contributed by atoms with Gasteiger partial charge in [-0.25, -0.2) is 0 Å². The SMILES string of the molecule is O=c1[nH]c2ccccc2cc1CC=CP(=O)(O)O. The van der Waals surface area contributed by atoms with Gasteiger partial charge in [-0.05, 0) is 23.9 Å². The van der Waals surface area contributed by atoms with Crippen molar-refractivity contribution in [3.63, 3.8) is 0 Å². The van der Waals surface area contributed by atoms with Crippen LogP contribution in [0.25, 0.3) is 10.9 Å². The molecule has 18 heavy (non-hydrogen) atoms. The molecule has 0 unspecified atom stereocenters. The van der Waals surface area contributed by atoms with Crippen LogP contribution in [0.2, 0.25) is 0 Å². The summed E-state index contributed by atoms with van der Waals surface area (Å²) >= 11 is 0. The second-order valence-electron chi connectivity index (χ2n) is 3.89. The Morgan fingerprint density at radius 3 is 2.72 bits per heavy atom. The molecule has 94 valence electrons. The van der Waals surface area contributed by atoms with Gasteiger partial charge in [0.05, 0.1) is 0 Å². The van der Waals surface area contributed by atoms with Crippen LogP contribution in [0.4, 0.5) is 0 Å². The summed E-state index contributed by atoms with van der Waals surface area (Å²) in [5.74, 6) is 0.807. The smallest absolute Gasteiger partial charge is 0.322 e. The molecule has 1 aromatic carbocycles. The first-order chi connectivity index (χ1) is 8.46. The molecule has 3 N–H and O–H groups in total. The average molecular weight is 265 g/mol. The number of hydrogen-bond donors (Lipinski definition) is 3. The lowest BCUT2D eigenvalue weighted by Crippen LogP contribution is -2.11. The van der Waals surface area contributed by atoms with E-state index in [0.717, 1.165) is 16.7 Å². The van der Waals surface area contributed by atoms with Gasteiger partial charge < -0.3 is 14.8 Å². The number of fused-ring (bicyclic) bond motifs is 1. The van der Waals surface area contributed by atoms with E-state index in [0.29, 0.717) is 5.56 Å². The number of aromatic nitrogens is 1. The minimum Gasteiger partial charge on any atom is -0.322 e. The summed E-state index contributed by atoms with van der Waals surface area (Å²) in [5, 5.41) is 0.886. The maximum Gasteiger partial charge on any atom is 0.348 e. The number of nitrogens with one attached hydrogen (secondary N) is 1. The summed E-state index contributed by atoms with van der Waals surface area (Å²) in [5.41, 5.74) is 0.965. The monoisotopic (exact) mass is 265 g/mol. The Labute approximate surface area is 103 Å². The van der Waals surface area contributed by atoms with Crippen molar-refractivity contribution in [1.29, 1.82) is 0 Å². The summed E-state index contributed by atoms with van der Waals surface area (Å²) in [6.45, 7) is 0. The Balaban J connectivity index is 2.34. The van der Waals surface area contributed by atoms with Crippen molar-refractivity contribution in [1.82, 2.24) is 4.98 Å². The van der Waals surface area contributed by atoms with Crippen LogP contribution in [0.3, 0.4) is 0 Å². The molecule has 0 amide bonds. The largest absolute Gasteiger partial charge is 0.348 e. The van der Waals surface area contributed by atoms with Gasteiger partial charge in [-0.15, -0.1) is 0 Å². The van der Waals surface area contributed by atoms with Gasteiger partial charge in [-0.3, -0.25) is 9.36 Å². The first kappa shape index (κ1) is 12.8. The maximum atomic E-state index is 11.7. The number of rotatable bonds is 3. The molecule has 0 fully saturated rings. The average Bonchev–Trinajstić information content (AvgIpc) is 2.28. The van der Waals surface area contributed by atoms with E-state index in [1.54, 1.807) is 12.1 Å². The van der Waals surface area contributed by atoms with Crippen LogP contribution in [0.15, 0.2) is 47.0 Å². The van der Waals surface area contributed by atoms with Crippen LogP contribution in [-0.4, -0.2) is 14.8 Å². The molecule has 0 radical (unpaired) electrons. The standard InChI is InChI=1S/C12H12NO4P/c14-12-10(5-3-7-18(15,16)17)8-9-4-1-2-6-11(9)13-12/h1-4,6-8H,5H2,(H,13,14)(H2,15,16,17). The molecule has 0 spiro atoms. The first-order valence-corrected chi connectivity index (χ1v) is 6.98. The minimum atomic E-state index is -4.16. The highest BCUT2D eigenvalue weighted by atomic mass is 31.2. The number of pyridine rings is 1. The van der Waals surface area contributed by atoms with Crippen molar-refractivity contribution in [2.24, 2.45) is 0 Å². The second kappa shape index (κ2) is 4.90. The summed E-state index contributed by atoms with van der Waals surface area (Å²) in [4.78, 5) is 31.8. The molecule has 0 aliphatic heterocycles. The molecule has 0 atom stereocenters. The third-order valence-electron chi connectivity index (χ3n) is 2.47. The van der Waals surface area contributed by atoms with Crippen molar-refractivity contribution in [3.8, 4) is 0 Å². The fraction of sp³-hybridized carbons (Fsp3) is 0.0833. The minimum absolute atomic E-state index is 0.186. The number of H-pyrrole nitrogens is 1. The van der Waals surface area contributed by atoms with Crippen molar-refractivity contribution in [2.45, 2.75) is 6.42 Å². The van der Waals surface area contributed by atoms with E-state index in [9.17, 15) is 9.36 Å². The van der Waals surface area contributed by atoms with Crippen molar-refractivity contribution in [2.75, 3.05) is 0 Å². The van der Waals surface area contributed by atoms with Crippen LogP contribution >= 0.6 is 7.60 Å². The quantitative estimate of drug-likeness (QED) is 0.737. The number of aromatic amines is 1. The Kier molecular flexibility index (Phi) is 3.48. The molecule has 2 aromatic rings. The third-order valence-corrected chi connectivity index (χ3v) is 3.07. The molecular formula is C12H12NO4P. The number of allylic oxidation sites excluding steroid dienone is 1. The molecule has 0 saturated carbocycles. The predicted molar refractivity (Wildman–Crippen MR) is 69.5 cm³/mol. The lowest BCUT2D eigenvalue weighted by Gasteiger charge is -2.00. The van der Waals surface area contributed by atoms with Gasteiger partial charge in [0.15, 0.2) is 0 Å². The molecule has 0 aliphatic carbocycles. The molecular weight excluding hydrogens is 253 g/mol. The maximum absolute atomic E-state index is 11.7. The summed E-state index contributed by atoms with van der Waals surface area (Å²) < 4.78 is 10.6. The van der Waals surface area contributed by atoms with Gasteiger partial charge >= 0.3 is 7.60 Å². The van der Waals surface area contributed by atoms with Crippen molar-refractivity contribution in [3.05, 3.63) is 58.1 Å². The van der Waals surface area contributed by atoms with E-state index in [2.05, 4.69) is 4.98 Å². The van der Waals surface area contributed by atoms with Crippen LogP contribution in [-0.2, 0) is 11.0 Å². The van der Waals surface area contributed by atoms with Gasteiger partial charge in [0.25, 0.3) is 5.56 Å². The fourth-order valence-corrected chi connectivity index (χ4v) is 2.04. The zero-order chi connectivity index (χ0) is 13.2. The van der Waals surface area contributed by atoms with E-state index >= 15 is 0 Å². The lowest BCUT2D eigenvalue weighted by atomic mass is 10.1. The fourth-order valence-electron chi connectivity index (χ4n) is 1.66. The highest BCUT2D eigenvalue weighted by Gasteiger charge is 2.06. The van der Waals surface area contributed by atoms with Crippen LogP contribution in [0, 0.1) is 0 Å². The first-order valence-electron chi connectivity index (χ1n) is 5.29. The Bertz CT molecular complexity index is 699. The Morgan fingerprint density at radius 2 is 2.00 bits per heavy atom. The second-order valence-corrected chi connectivity index (χ2v) is 5.37. The zero-order valence-corrected chi connectivity index (χ0v) is 10.3. The van der Waals surface area contributed by atoms with Gasteiger partial charge in [-0.2, -0.15) is 0 Å². The van der Waals surface area contributed by atoms with Gasteiger partial charge in [0.2, 0.25) is 0 Å². The van der Waals surface area contributed by atoms with E-state index in [-0.39, 0.29) is 12.0 Å². The Morgan fingerprint density at radius 1 is 1.28 bits per heavy atom. The summed E-state index contributed by atoms with van der Waals surface area (Å²) in [6, 6.07) is 9.06. The molecule has 2 rings (SSSR count). The Hall–Kier alpha value is -1.68. The lowest BCUT2D eigenvalue weighted by molar-refractivity contribution is 0.386. The van der Waals surface area contributed by atoms with Crippen molar-refractivity contribution >= 4 is 18.5 Å². The summed E-state index contributed by atoms with van der Waals surface area (Å²) in [6.07, 6.45) is 1.49. The van der Waals surface area contributed by atoms with E-state index in [1.807, 2.05) is 18.2 Å². The molecule has 0 saturated heterocycles. The number of para-hydroxylation sites is 1. The van der Waals surface area contributed by atoms with Gasteiger partial charge in [0, 0.05) is 16.9 Å². The van der Waals surface area contributed by atoms with Gasteiger partial charge in [0.1, 0.15) is 0 Å². The van der Waals surface area contributed by atoms with Crippen molar-refractivity contribution < 1.29 is 14.4 Å². The number of hydrogen-bond acceptors (Lipinski definition) is 2. The van der Waals surface area contributed by atoms with E-state index in [4.69, 9.17) is 9.79 Å². The number of benzene rings is 1. The van der Waals surface area contributed by atoms with Gasteiger partial charge in [-0.1, -0.05) is 24.3 Å². The molecule has 0 bridgehead atoms. The highest BCUT2D eigenvalue weighted by Crippen LogP contribution is 2.35. The van der Waals surface area contributed by atoms with Crippen LogP contribution in [0.5, 0.6) is 0 Å². The summed E-state index contributed by atoms with van der Waals surface area (Å²) in [7, 11) is -4.16. The molecule has 5 nitrogen and oxygen atoms in total. The highest BCUT2D eigenvalue weighted by molar-refractivity contribution is 7.55. The molecule has 1 heterocycles. The molecule has 1 aromatic heterocycles. The van der Waals surface area contributed by atoms with Crippen LogP contribution < -0.4 is 5.56 Å². The molecule has 0 aliphatic rings. The predicted octanol–water partition coefficient (Wildman–Crippen LogP) is 1.76.